The van der Waals surface area contributed by atoms with Gasteiger partial charge in [-0.2, -0.15) is 0 Å². The first-order valence-electron chi connectivity index (χ1n) is 7.30. The van der Waals surface area contributed by atoms with Gasteiger partial charge in [0.2, 0.25) is 5.91 Å². The number of benzene rings is 1. The van der Waals surface area contributed by atoms with Crippen LogP contribution in [-0.4, -0.2) is 23.6 Å². The zero-order valence-electron chi connectivity index (χ0n) is 12.6. The summed E-state index contributed by atoms with van der Waals surface area (Å²) in [5.41, 5.74) is 3.03. The maximum absolute atomic E-state index is 11.7. The second kappa shape index (κ2) is 6.96. The number of hydrogen-bond acceptors (Lipinski definition) is 2. The Morgan fingerprint density at radius 3 is 2.76 bits per heavy atom. The highest BCUT2D eigenvalue weighted by Crippen LogP contribution is 2.24. The third kappa shape index (κ3) is 3.57. The summed E-state index contributed by atoms with van der Waals surface area (Å²) in [6.45, 7) is 7.13. The lowest BCUT2D eigenvalue weighted by atomic mass is 10.2. The van der Waals surface area contributed by atoms with Crippen LogP contribution in [0.2, 0.25) is 5.02 Å². The maximum Gasteiger partial charge on any atom is 0.249 e. The summed E-state index contributed by atoms with van der Waals surface area (Å²) in [7, 11) is 0. The van der Waals surface area contributed by atoms with E-state index >= 15 is 0 Å². The fourth-order valence-corrected chi connectivity index (χ4v) is 2.33. The van der Waals surface area contributed by atoms with E-state index in [0.29, 0.717) is 13.2 Å². The average Bonchev–Trinajstić information content (AvgIpc) is 2.79. The van der Waals surface area contributed by atoms with E-state index in [0.717, 1.165) is 33.6 Å². The first-order chi connectivity index (χ1) is 10.1. The number of rotatable bonds is 3. The number of amides is 1. The van der Waals surface area contributed by atoms with E-state index in [1.165, 1.54) is 0 Å². The van der Waals surface area contributed by atoms with E-state index in [9.17, 15) is 4.79 Å². The molecule has 1 fully saturated rings. The Kier molecular flexibility index (Phi) is 5.26. The standard InChI is InChI=1S/C14H15ClN2O2.C2H6/c1-8-4-12-9(6-11(8)15)5-10(17-12)7-16-14(18)13-2-3-19-13;1-2/h4-6,13,17H,2-3,7H2,1H3,(H,16,18);1-2H3. The predicted octanol–water partition coefficient (Wildman–Crippen LogP) is 3.56. The van der Waals surface area contributed by atoms with Crippen molar-refractivity contribution in [3.63, 3.8) is 0 Å². The second-order valence-corrected chi connectivity index (χ2v) is 5.26. The van der Waals surface area contributed by atoms with Crippen LogP contribution in [0.15, 0.2) is 18.2 Å². The number of aromatic amines is 1. The van der Waals surface area contributed by atoms with Gasteiger partial charge in [-0.25, -0.2) is 0 Å². The molecule has 1 unspecified atom stereocenters. The monoisotopic (exact) mass is 308 g/mol. The van der Waals surface area contributed by atoms with Gasteiger partial charge in [-0.1, -0.05) is 25.4 Å². The number of nitrogens with one attached hydrogen (secondary N) is 2. The van der Waals surface area contributed by atoms with Crippen molar-refractivity contribution >= 4 is 28.4 Å². The molecule has 0 saturated carbocycles. The number of fused-ring (bicyclic) bond motifs is 1. The van der Waals surface area contributed by atoms with E-state index in [1.807, 2.05) is 39.0 Å². The Hall–Kier alpha value is -1.52. The topological polar surface area (TPSA) is 54.1 Å². The van der Waals surface area contributed by atoms with Gasteiger partial charge >= 0.3 is 0 Å². The molecular weight excluding hydrogens is 288 g/mol. The molecule has 1 saturated heterocycles. The van der Waals surface area contributed by atoms with Crippen LogP contribution in [0.25, 0.3) is 10.9 Å². The quantitative estimate of drug-likeness (QED) is 0.911. The zero-order valence-corrected chi connectivity index (χ0v) is 13.4. The summed E-state index contributed by atoms with van der Waals surface area (Å²) in [5, 5.41) is 4.67. The zero-order chi connectivity index (χ0) is 15.4. The molecule has 0 bridgehead atoms. The third-order valence-corrected chi connectivity index (χ3v) is 3.81. The van der Waals surface area contributed by atoms with Crippen molar-refractivity contribution in [1.82, 2.24) is 10.3 Å². The van der Waals surface area contributed by atoms with E-state index in [2.05, 4.69) is 10.3 Å². The van der Waals surface area contributed by atoms with Gasteiger partial charge in [-0.05, 0) is 30.7 Å². The lowest BCUT2D eigenvalue weighted by Crippen LogP contribution is -2.42. The van der Waals surface area contributed by atoms with Crippen molar-refractivity contribution in [2.24, 2.45) is 0 Å². The van der Waals surface area contributed by atoms with Crippen LogP contribution in [0.5, 0.6) is 0 Å². The Morgan fingerprint density at radius 1 is 1.43 bits per heavy atom. The minimum Gasteiger partial charge on any atom is -0.368 e. The molecule has 0 spiro atoms. The molecule has 4 nitrogen and oxygen atoms in total. The summed E-state index contributed by atoms with van der Waals surface area (Å²) >= 11 is 6.09. The number of carbonyl (C=O) groups excluding carboxylic acids is 1. The van der Waals surface area contributed by atoms with Crippen LogP contribution in [0.1, 0.15) is 31.5 Å². The maximum atomic E-state index is 11.7. The fourth-order valence-electron chi connectivity index (χ4n) is 2.16. The molecule has 3 rings (SSSR count). The Labute approximate surface area is 129 Å². The first kappa shape index (κ1) is 15.9. The Morgan fingerprint density at radius 2 is 2.14 bits per heavy atom. The highest BCUT2D eigenvalue weighted by molar-refractivity contribution is 6.32. The van der Waals surface area contributed by atoms with E-state index in [-0.39, 0.29) is 12.0 Å². The number of hydrogen-bond donors (Lipinski definition) is 2. The van der Waals surface area contributed by atoms with Gasteiger partial charge in [0.15, 0.2) is 0 Å². The molecule has 2 N–H and O–H groups in total. The molecule has 1 aliphatic heterocycles. The molecular formula is C16H21ClN2O2. The first-order valence-corrected chi connectivity index (χ1v) is 7.68. The van der Waals surface area contributed by atoms with Gasteiger partial charge in [-0.15, -0.1) is 0 Å². The minimum absolute atomic E-state index is 0.0425. The van der Waals surface area contributed by atoms with Crippen molar-refractivity contribution in [1.29, 1.82) is 0 Å². The van der Waals surface area contributed by atoms with Crippen LogP contribution >= 0.6 is 11.6 Å². The van der Waals surface area contributed by atoms with Gasteiger partial charge in [0.05, 0.1) is 13.2 Å². The average molecular weight is 309 g/mol. The molecule has 2 aromatic rings. The van der Waals surface area contributed by atoms with Crippen LogP contribution < -0.4 is 5.32 Å². The van der Waals surface area contributed by atoms with Gasteiger partial charge in [0, 0.05) is 28.0 Å². The van der Waals surface area contributed by atoms with Crippen LogP contribution in [0.3, 0.4) is 0 Å². The third-order valence-electron chi connectivity index (χ3n) is 3.40. The summed E-state index contributed by atoms with van der Waals surface area (Å²) < 4.78 is 5.13. The molecule has 1 aliphatic rings. The highest BCUT2D eigenvalue weighted by atomic mass is 35.5. The van der Waals surface area contributed by atoms with Gasteiger partial charge in [0.1, 0.15) is 6.10 Å². The number of carbonyl (C=O) groups is 1. The van der Waals surface area contributed by atoms with Gasteiger partial charge < -0.3 is 15.0 Å². The van der Waals surface area contributed by atoms with E-state index in [1.54, 1.807) is 0 Å². The molecule has 114 valence electrons. The molecule has 0 radical (unpaired) electrons. The van der Waals surface area contributed by atoms with E-state index < -0.39 is 0 Å². The Bertz CT molecular complexity index is 593. The SMILES string of the molecule is CC.Cc1cc2[nH]c(CNC(=O)C3CCO3)cc2cc1Cl. The molecule has 1 aromatic carbocycles. The molecule has 1 atom stereocenters. The van der Waals surface area contributed by atoms with Gasteiger partial charge in [-0.3, -0.25) is 4.79 Å². The fraction of sp³-hybridized carbons (Fsp3) is 0.438. The van der Waals surface area contributed by atoms with Crippen molar-refractivity contribution in [2.75, 3.05) is 6.61 Å². The number of ether oxygens (including phenoxy) is 1. The number of H-pyrrole nitrogens is 1. The molecule has 5 heteroatoms. The van der Waals surface area contributed by atoms with Crippen molar-refractivity contribution in [3.8, 4) is 0 Å². The lowest BCUT2D eigenvalue weighted by molar-refractivity contribution is -0.145. The predicted molar refractivity (Wildman–Crippen MR) is 85.6 cm³/mol. The largest absolute Gasteiger partial charge is 0.368 e. The van der Waals surface area contributed by atoms with Crippen molar-refractivity contribution < 1.29 is 9.53 Å². The van der Waals surface area contributed by atoms with Crippen LogP contribution in [0, 0.1) is 6.92 Å². The van der Waals surface area contributed by atoms with Crippen molar-refractivity contribution in [3.05, 3.63) is 34.5 Å². The summed E-state index contributed by atoms with van der Waals surface area (Å²) in [6, 6.07) is 5.95. The molecule has 2 heterocycles. The summed E-state index contributed by atoms with van der Waals surface area (Å²) in [4.78, 5) is 14.9. The second-order valence-electron chi connectivity index (χ2n) is 4.85. The number of aromatic nitrogens is 1. The molecule has 21 heavy (non-hydrogen) atoms. The minimum atomic E-state index is -0.263. The lowest BCUT2D eigenvalue weighted by Gasteiger charge is -2.24. The number of aryl methyl sites for hydroxylation is 1. The number of halogens is 1. The Balaban J connectivity index is 0.000000774. The van der Waals surface area contributed by atoms with Crippen molar-refractivity contribution in [2.45, 2.75) is 39.8 Å². The van der Waals surface area contributed by atoms with Gasteiger partial charge in [0.25, 0.3) is 0 Å². The normalized spacial score (nSPS) is 16.9. The van der Waals surface area contributed by atoms with Crippen LogP contribution in [-0.2, 0) is 16.1 Å². The summed E-state index contributed by atoms with van der Waals surface area (Å²) in [5.74, 6) is -0.0425. The summed E-state index contributed by atoms with van der Waals surface area (Å²) in [6.07, 6.45) is 0.550. The molecule has 1 aromatic heterocycles. The van der Waals surface area contributed by atoms with Crippen LogP contribution in [0.4, 0.5) is 0 Å². The highest BCUT2D eigenvalue weighted by Gasteiger charge is 2.25. The van der Waals surface area contributed by atoms with E-state index in [4.69, 9.17) is 16.3 Å². The molecule has 1 amide bonds. The molecule has 0 aliphatic carbocycles. The smallest absolute Gasteiger partial charge is 0.249 e.